The Morgan fingerprint density at radius 1 is 0.818 bits per heavy atom. The number of methoxy groups -OCH3 is 1. The number of aryl methyl sites for hydroxylation is 2. The van der Waals surface area contributed by atoms with Crippen molar-refractivity contribution in [2.45, 2.75) is 6.92 Å². The van der Waals surface area contributed by atoms with Crippen LogP contribution < -0.4 is 13.9 Å². The van der Waals surface area contributed by atoms with Gasteiger partial charge in [-0.15, -0.1) is 0 Å². The summed E-state index contributed by atoms with van der Waals surface area (Å²) in [4.78, 5) is 12.0. The SMILES string of the molecule is CCOC(=O)c1ccc(-n2c[n+](C)c3cc4c(cc32)n(-c2ccc(OC)cc2)c[n+]4C)cc1. The molecule has 0 bridgehead atoms. The number of hydrogen-bond donors (Lipinski definition) is 0. The molecule has 0 spiro atoms. The highest BCUT2D eigenvalue weighted by Crippen LogP contribution is 2.25. The van der Waals surface area contributed by atoms with E-state index in [0.717, 1.165) is 39.2 Å². The van der Waals surface area contributed by atoms with Crippen molar-refractivity contribution in [1.82, 2.24) is 9.13 Å². The Balaban J connectivity index is 1.65. The highest BCUT2D eigenvalue weighted by atomic mass is 16.5. The predicted molar refractivity (Wildman–Crippen MR) is 125 cm³/mol. The molecular weight excluding hydrogens is 416 g/mol. The summed E-state index contributed by atoms with van der Waals surface area (Å²) < 4.78 is 19.0. The number of aromatic nitrogens is 4. The van der Waals surface area contributed by atoms with E-state index in [2.05, 4.69) is 62.2 Å². The number of esters is 1. The van der Waals surface area contributed by atoms with Gasteiger partial charge >= 0.3 is 5.97 Å². The first kappa shape index (κ1) is 20.8. The second-order valence-corrected chi connectivity index (χ2v) is 7.99. The molecule has 7 heteroatoms. The first-order valence-corrected chi connectivity index (χ1v) is 10.8. The first-order valence-electron chi connectivity index (χ1n) is 10.8. The second kappa shape index (κ2) is 8.09. The molecule has 0 aliphatic carbocycles. The summed E-state index contributed by atoms with van der Waals surface area (Å²) in [6, 6.07) is 19.9. The number of benzene rings is 3. The van der Waals surface area contributed by atoms with E-state index in [1.165, 1.54) is 0 Å². The molecule has 7 nitrogen and oxygen atoms in total. The molecule has 0 fully saturated rings. The summed E-state index contributed by atoms with van der Waals surface area (Å²) in [5, 5.41) is 0. The Labute approximate surface area is 191 Å². The minimum absolute atomic E-state index is 0.307. The smallest absolute Gasteiger partial charge is 0.338 e. The van der Waals surface area contributed by atoms with Crippen molar-refractivity contribution in [3.63, 3.8) is 0 Å². The van der Waals surface area contributed by atoms with Crippen LogP contribution in [0.1, 0.15) is 17.3 Å². The third-order valence-corrected chi connectivity index (χ3v) is 5.94. The number of fused-ring (bicyclic) bond motifs is 2. The van der Waals surface area contributed by atoms with Gasteiger partial charge < -0.3 is 9.47 Å². The second-order valence-electron chi connectivity index (χ2n) is 7.99. The Kier molecular flexibility index (Phi) is 5.09. The largest absolute Gasteiger partial charge is 0.497 e. The Morgan fingerprint density at radius 3 is 1.82 bits per heavy atom. The molecular formula is C26H26N4O3+2. The molecule has 0 N–H and O–H groups in total. The van der Waals surface area contributed by atoms with E-state index in [0.29, 0.717) is 12.2 Å². The number of hydrogen-bond acceptors (Lipinski definition) is 3. The maximum absolute atomic E-state index is 12.0. The lowest BCUT2D eigenvalue weighted by Gasteiger charge is -2.03. The molecule has 2 aromatic heterocycles. The van der Waals surface area contributed by atoms with Gasteiger partial charge in [0, 0.05) is 12.1 Å². The molecule has 0 amide bonds. The van der Waals surface area contributed by atoms with E-state index in [9.17, 15) is 4.79 Å². The van der Waals surface area contributed by atoms with Crippen molar-refractivity contribution in [2.75, 3.05) is 13.7 Å². The lowest BCUT2D eigenvalue weighted by atomic mass is 10.2. The molecule has 0 aliphatic heterocycles. The van der Waals surface area contributed by atoms with Crippen LogP contribution >= 0.6 is 0 Å². The zero-order valence-electron chi connectivity index (χ0n) is 19.1. The number of carbonyl (C=O) groups excluding carboxylic acids is 1. The van der Waals surface area contributed by atoms with Crippen LogP contribution in [-0.2, 0) is 18.8 Å². The van der Waals surface area contributed by atoms with Crippen LogP contribution in [0.3, 0.4) is 0 Å². The van der Waals surface area contributed by atoms with Gasteiger partial charge in [0.25, 0.3) is 0 Å². The zero-order chi connectivity index (χ0) is 23.1. The number of nitrogens with zero attached hydrogens (tertiary/aromatic N) is 4. The molecule has 0 radical (unpaired) electrons. The van der Waals surface area contributed by atoms with Gasteiger partial charge in [-0.05, 0) is 55.5 Å². The quantitative estimate of drug-likeness (QED) is 0.310. The van der Waals surface area contributed by atoms with Gasteiger partial charge in [-0.2, -0.15) is 9.13 Å². The lowest BCUT2D eigenvalue weighted by molar-refractivity contribution is -0.649. The van der Waals surface area contributed by atoms with Crippen molar-refractivity contribution in [2.24, 2.45) is 14.1 Å². The van der Waals surface area contributed by atoms with E-state index >= 15 is 0 Å². The van der Waals surface area contributed by atoms with Gasteiger partial charge in [0.2, 0.25) is 12.7 Å². The van der Waals surface area contributed by atoms with Crippen LogP contribution in [0, 0.1) is 0 Å². The fourth-order valence-electron chi connectivity index (χ4n) is 4.23. The lowest BCUT2D eigenvalue weighted by Crippen LogP contribution is -2.27. The monoisotopic (exact) mass is 442 g/mol. The highest BCUT2D eigenvalue weighted by Gasteiger charge is 2.23. The summed E-state index contributed by atoms with van der Waals surface area (Å²) >= 11 is 0. The van der Waals surface area contributed by atoms with Crippen molar-refractivity contribution in [3.05, 3.63) is 78.9 Å². The molecule has 33 heavy (non-hydrogen) atoms. The minimum Gasteiger partial charge on any atom is -0.497 e. The Hall–Kier alpha value is -4.13. The molecule has 5 rings (SSSR count). The highest BCUT2D eigenvalue weighted by molar-refractivity contribution is 5.91. The van der Waals surface area contributed by atoms with Crippen molar-refractivity contribution >= 4 is 28.0 Å². The summed E-state index contributed by atoms with van der Waals surface area (Å²) in [6.07, 6.45) is 4.14. The Bertz CT molecular complexity index is 1480. The average molecular weight is 443 g/mol. The van der Waals surface area contributed by atoms with E-state index in [1.807, 2.05) is 31.3 Å². The third-order valence-electron chi connectivity index (χ3n) is 5.94. The molecule has 0 unspecified atom stereocenters. The average Bonchev–Trinajstić information content (AvgIpc) is 3.34. The van der Waals surface area contributed by atoms with Crippen LogP contribution in [0.15, 0.2) is 73.3 Å². The number of ether oxygens (including phenoxy) is 2. The van der Waals surface area contributed by atoms with Gasteiger partial charge in [0.05, 0.1) is 33.4 Å². The molecule has 0 aliphatic rings. The van der Waals surface area contributed by atoms with Crippen molar-refractivity contribution in [1.29, 1.82) is 0 Å². The number of rotatable bonds is 5. The van der Waals surface area contributed by atoms with E-state index in [4.69, 9.17) is 9.47 Å². The number of carbonyl (C=O) groups is 1. The van der Waals surface area contributed by atoms with Crippen molar-refractivity contribution in [3.8, 4) is 17.1 Å². The summed E-state index contributed by atoms with van der Waals surface area (Å²) in [5.74, 6) is 0.521. The summed E-state index contributed by atoms with van der Waals surface area (Å²) in [5.41, 5.74) is 6.98. The third kappa shape index (κ3) is 3.51. The van der Waals surface area contributed by atoms with Gasteiger partial charge in [0.1, 0.15) is 17.1 Å². The van der Waals surface area contributed by atoms with E-state index < -0.39 is 0 Å². The summed E-state index contributed by atoms with van der Waals surface area (Å²) in [6.45, 7) is 2.17. The minimum atomic E-state index is -0.307. The maximum Gasteiger partial charge on any atom is 0.338 e. The standard InChI is InChI=1S/C26H26N4O3/c1-5-33-26(31)18-6-8-19(9-7-18)29-16-27(2)22-14-23-25(15-24(22)29)30(17-28(23)3)20-10-12-21(32-4)13-11-20/h6-17H,5H2,1-4H3/q+2. The predicted octanol–water partition coefficient (Wildman–Crippen LogP) is 3.41. The van der Waals surface area contributed by atoms with E-state index in [-0.39, 0.29) is 5.97 Å². The molecule has 0 saturated heterocycles. The normalized spacial score (nSPS) is 11.3. The van der Waals surface area contributed by atoms with Gasteiger partial charge in [-0.3, -0.25) is 0 Å². The Morgan fingerprint density at radius 2 is 1.33 bits per heavy atom. The molecule has 0 saturated carbocycles. The van der Waals surface area contributed by atoms with Crippen LogP contribution in [0.4, 0.5) is 0 Å². The van der Waals surface area contributed by atoms with E-state index in [1.54, 1.807) is 26.2 Å². The van der Waals surface area contributed by atoms with Crippen LogP contribution in [0.5, 0.6) is 5.75 Å². The zero-order valence-corrected chi connectivity index (χ0v) is 19.1. The van der Waals surface area contributed by atoms with Crippen LogP contribution in [0.25, 0.3) is 33.4 Å². The fraction of sp³-hybridized carbons (Fsp3) is 0.192. The first-order chi connectivity index (χ1) is 16.0. The van der Waals surface area contributed by atoms with Crippen molar-refractivity contribution < 1.29 is 23.4 Å². The molecule has 0 atom stereocenters. The topological polar surface area (TPSA) is 53.1 Å². The van der Waals surface area contributed by atoms with Crippen LogP contribution in [0.2, 0.25) is 0 Å². The molecule has 5 aromatic rings. The van der Waals surface area contributed by atoms with Gasteiger partial charge in [0.15, 0.2) is 22.1 Å². The van der Waals surface area contributed by atoms with Crippen LogP contribution in [-0.4, -0.2) is 28.8 Å². The van der Waals surface area contributed by atoms with Gasteiger partial charge in [-0.25, -0.2) is 13.9 Å². The molecule has 3 aromatic carbocycles. The number of imidazole rings is 2. The molecule has 2 heterocycles. The van der Waals surface area contributed by atoms with Gasteiger partial charge in [-0.1, -0.05) is 0 Å². The maximum atomic E-state index is 12.0. The fourth-order valence-corrected chi connectivity index (χ4v) is 4.23. The summed E-state index contributed by atoms with van der Waals surface area (Å²) in [7, 11) is 5.77. The molecule has 166 valence electrons.